The van der Waals surface area contributed by atoms with E-state index in [-0.39, 0.29) is 12.3 Å². The number of hydrogen-bond acceptors (Lipinski definition) is 4. The molecule has 0 bridgehead atoms. The molecule has 0 unspecified atom stereocenters. The average Bonchev–Trinajstić information content (AvgIpc) is 2.60. The fourth-order valence-corrected chi connectivity index (χ4v) is 3.86. The van der Waals surface area contributed by atoms with Gasteiger partial charge in [0.2, 0.25) is 10.0 Å². The topological polar surface area (TPSA) is 75.7 Å². The predicted octanol–water partition coefficient (Wildman–Crippen LogP) is 2.90. The SMILES string of the molecule is CCS(=O)(=O)N1C[C@@H](C(=O)Nc2cccc(Cl)c2)Oc2ccccc21. The maximum atomic E-state index is 12.5. The van der Waals surface area contributed by atoms with Gasteiger partial charge in [0, 0.05) is 10.7 Å². The van der Waals surface area contributed by atoms with Gasteiger partial charge in [-0.05, 0) is 37.3 Å². The molecule has 0 fully saturated rings. The zero-order valence-electron chi connectivity index (χ0n) is 13.5. The molecule has 1 atom stereocenters. The summed E-state index contributed by atoms with van der Waals surface area (Å²) in [5.41, 5.74) is 0.959. The summed E-state index contributed by atoms with van der Waals surface area (Å²) < 4.78 is 31.8. The minimum absolute atomic E-state index is 0.0655. The number of carbonyl (C=O) groups excluding carboxylic acids is 1. The number of fused-ring (bicyclic) bond motifs is 1. The second kappa shape index (κ2) is 6.93. The molecule has 3 rings (SSSR count). The van der Waals surface area contributed by atoms with E-state index in [1.165, 1.54) is 4.31 Å². The first-order valence-electron chi connectivity index (χ1n) is 7.73. The third-order valence-corrected chi connectivity index (χ3v) is 5.80. The maximum absolute atomic E-state index is 12.5. The van der Waals surface area contributed by atoms with Crippen LogP contribution in [0.4, 0.5) is 11.4 Å². The van der Waals surface area contributed by atoms with Gasteiger partial charge in [-0.1, -0.05) is 29.8 Å². The van der Waals surface area contributed by atoms with Crippen LogP contribution in [0.2, 0.25) is 5.02 Å². The normalized spacial score (nSPS) is 16.7. The monoisotopic (exact) mass is 380 g/mol. The van der Waals surface area contributed by atoms with E-state index < -0.39 is 22.0 Å². The van der Waals surface area contributed by atoms with Crippen molar-refractivity contribution < 1.29 is 17.9 Å². The molecule has 0 saturated carbocycles. The Kier molecular flexibility index (Phi) is 4.87. The van der Waals surface area contributed by atoms with Crippen molar-refractivity contribution >= 4 is 38.9 Å². The van der Waals surface area contributed by atoms with Crippen LogP contribution in [0.1, 0.15) is 6.92 Å². The summed E-state index contributed by atoms with van der Waals surface area (Å²) >= 11 is 5.91. The average molecular weight is 381 g/mol. The van der Waals surface area contributed by atoms with E-state index in [4.69, 9.17) is 16.3 Å². The number of benzene rings is 2. The number of nitrogens with one attached hydrogen (secondary N) is 1. The van der Waals surface area contributed by atoms with Crippen LogP contribution < -0.4 is 14.4 Å². The fraction of sp³-hybridized carbons (Fsp3) is 0.235. The molecule has 1 amide bonds. The maximum Gasteiger partial charge on any atom is 0.267 e. The molecule has 8 heteroatoms. The van der Waals surface area contributed by atoms with Crippen LogP contribution in [0.25, 0.3) is 0 Å². The van der Waals surface area contributed by atoms with Gasteiger partial charge in [0.1, 0.15) is 5.75 Å². The molecule has 1 aliphatic rings. The zero-order chi connectivity index (χ0) is 18.0. The highest BCUT2D eigenvalue weighted by Gasteiger charge is 2.35. The molecule has 1 heterocycles. The Labute approximate surface area is 151 Å². The second-order valence-corrected chi connectivity index (χ2v) is 8.12. The van der Waals surface area contributed by atoms with Crippen molar-refractivity contribution in [2.24, 2.45) is 0 Å². The van der Waals surface area contributed by atoms with E-state index >= 15 is 0 Å². The van der Waals surface area contributed by atoms with Crippen LogP contribution in [-0.4, -0.2) is 32.7 Å². The molecule has 6 nitrogen and oxygen atoms in total. The summed E-state index contributed by atoms with van der Waals surface area (Å²) in [5.74, 6) is -0.144. The molecule has 1 aliphatic heterocycles. The van der Waals surface area contributed by atoms with Crippen molar-refractivity contribution in [1.29, 1.82) is 0 Å². The number of anilines is 2. The third kappa shape index (κ3) is 3.72. The van der Waals surface area contributed by atoms with Crippen LogP contribution in [-0.2, 0) is 14.8 Å². The molecule has 132 valence electrons. The van der Waals surface area contributed by atoms with Crippen molar-refractivity contribution in [3.8, 4) is 5.75 Å². The molecular formula is C17H17ClN2O4S. The summed E-state index contributed by atoms with van der Waals surface area (Å²) in [6, 6.07) is 13.5. The Morgan fingerprint density at radius 3 is 2.76 bits per heavy atom. The Hall–Kier alpha value is -2.25. The highest BCUT2D eigenvalue weighted by atomic mass is 35.5. The van der Waals surface area contributed by atoms with E-state index in [0.717, 1.165) is 0 Å². The van der Waals surface area contributed by atoms with Gasteiger partial charge in [0.05, 0.1) is 18.0 Å². The molecule has 2 aromatic rings. The van der Waals surface area contributed by atoms with Crippen molar-refractivity contribution in [3.63, 3.8) is 0 Å². The van der Waals surface area contributed by atoms with Crippen molar-refractivity contribution in [2.75, 3.05) is 21.9 Å². The standard InChI is InChI=1S/C17H17ClN2O4S/c1-2-25(22,23)20-11-16(24-15-9-4-3-8-14(15)20)17(21)19-13-7-5-6-12(18)10-13/h3-10,16H,2,11H2,1H3,(H,19,21)/t16-/m0/s1. The van der Waals surface area contributed by atoms with E-state index in [0.29, 0.717) is 22.1 Å². The van der Waals surface area contributed by atoms with E-state index in [9.17, 15) is 13.2 Å². The summed E-state index contributed by atoms with van der Waals surface area (Å²) in [7, 11) is -3.53. The quantitative estimate of drug-likeness (QED) is 0.884. The van der Waals surface area contributed by atoms with Crippen molar-refractivity contribution in [1.82, 2.24) is 0 Å². The van der Waals surface area contributed by atoms with Crippen LogP contribution in [0, 0.1) is 0 Å². The summed E-state index contributed by atoms with van der Waals surface area (Å²) in [6.45, 7) is 1.48. The molecule has 2 aromatic carbocycles. The van der Waals surface area contributed by atoms with Crippen molar-refractivity contribution in [3.05, 3.63) is 53.6 Å². The van der Waals surface area contributed by atoms with Gasteiger partial charge < -0.3 is 10.1 Å². The minimum atomic E-state index is -3.53. The molecule has 0 radical (unpaired) electrons. The second-order valence-electron chi connectivity index (χ2n) is 5.51. The number of para-hydroxylation sites is 2. The van der Waals surface area contributed by atoms with Gasteiger partial charge in [-0.2, -0.15) is 0 Å². The Bertz CT molecular complexity index is 901. The largest absolute Gasteiger partial charge is 0.476 e. The minimum Gasteiger partial charge on any atom is -0.476 e. The van der Waals surface area contributed by atoms with Gasteiger partial charge in [0.25, 0.3) is 5.91 Å². The highest BCUT2D eigenvalue weighted by molar-refractivity contribution is 7.92. The number of nitrogens with zero attached hydrogens (tertiary/aromatic N) is 1. The number of hydrogen-bond donors (Lipinski definition) is 1. The first kappa shape index (κ1) is 17.6. The Balaban J connectivity index is 1.87. The molecule has 1 N–H and O–H groups in total. The van der Waals surface area contributed by atoms with Crippen LogP contribution in [0.3, 0.4) is 0 Å². The molecule has 0 aliphatic carbocycles. The van der Waals surface area contributed by atoms with Gasteiger partial charge in [-0.25, -0.2) is 8.42 Å². The zero-order valence-corrected chi connectivity index (χ0v) is 15.0. The van der Waals surface area contributed by atoms with Gasteiger partial charge >= 0.3 is 0 Å². The highest BCUT2D eigenvalue weighted by Crippen LogP contribution is 2.35. The van der Waals surface area contributed by atoms with Crippen LogP contribution in [0.15, 0.2) is 48.5 Å². The number of rotatable bonds is 4. The molecular weight excluding hydrogens is 364 g/mol. The number of sulfonamides is 1. The molecule has 0 aromatic heterocycles. The van der Waals surface area contributed by atoms with Gasteiger partial charge in [0.15, 0.2) is 6.10 Å². The third-order valence-electron chi connectivity index (χ3n) is 3.82. The smallest absolute Gasteiger partial charge is 0.267 e. The lowest BCUT2D eigenvalue weighted by molar-refractivity contribution is -0.122. The summed E-state index contributed by atoms with van der Waals surface area (Å²) in [5, 5.41) is 3.19. The lowest BCUT2D eigenvalue weighted by Crippen LogP contribution is -2.49. The van der Waals surface area contributed by atoms with Gasteiger partial charge in [-0.15, -0.1) is 0 Å². The lowest BCUT2D eigenvalue weighted by Gasteiger charge is -2.34. The van der Waals surface area contributed by atoms with Gasteiger partial charge in [-0.3, -0.25) is 9.10 Å². The predicted molar refractivity (Wildman–Crippen MR) is 97.7 cm³/mol. The van der Waals surface area contributed by atoms with Crippen molar-refractivity contribution in [2.45, 2.75) is 13.0 Å². The summed E-state index contributed by atoms with van der Waals surface area (Å²) in [4.78, 5) is 12.5. The fourth-order valence-electron chi connectivity index (χ4n) is 2.55. The van der Waals surface area contributed by atoms with E-state index in [2.05, 4.69) is 5.32 Å². The van der Waals surface area contributed by atoms with E-state index in [1.54, 1.807) is 55.5 Å². The van der Waals surface area contributed by atoms with Crippen LogP contribution >= 0.6 is 11.6 Å². The Morgan fingerprint density at radius 2 is 2.04 bits per heavy atom. The first-order valence-corrected chi connectivity index (χ1v) is 9.72. The first-order chi connectivity index (χ1) is 11.9. The summed E-state index contributed by atoms with van der Waals surface area (Å²) in [6.07, 6.45) is -0.963. The van der Waals surface area contributed by atoms with E-state index in [1.807, 2.05) is 0 Å². The molecule has 0 spiro atoms. The lowest BCUT2D eigenvalue weighted by atomic mass is 10.2. The number of halogens is 1. The number of carbonyl (C=O) groups is 1. The van der Waals surface area contributed by atoms with Crippen LogP contribution in [0.5, 0.6) is 5.75 Å². The number of ether oxygens (including phenoxy) is 1. The Morgan fingerprint density at radius 1 is 1.28 bits per heavy atom. The molecule has 0 saturated heterocycles. The molecule has 25 heavy (non-hydrogen) atoms. The number of amides is 1.